The molecule has 1 amide bonds. The molecule has 0 aliphatic heterocycles. The Morgan fingerprint density at radius 3 is 2.61 bits per heavy atom. The lowest BCUT2D eigenvalue weighted by Crippen LogP contribution is -2.25. The number of halogens is 5. The predicted octanol–water partition coefficient (Wildman–Crippen LogP) is 5.05. The Bertz CT molecular complexity index is 1090. The molecule has 0 saturated heterocycles. The third-order valence-corrected chi connectivity index (χ3v) is 5.24. The number of aryl methyl sites for hydroxylation is 1. The van der Waals surface area contributed by atoms with Gasteiger partial charge in [0.05, 0.1) is 10.7 Å². The fourth-order valence-corrected chi connectivity index (χ4v) is 3.60. The van der Waals surface area contributed by atoms with Gasteiger partial charge < -0.3 is 9.84 Å². The molecule has 2 heterocycles. The van der Waals surface area contributed by atoms with E-state index in [0.29, 0.717) is 23.4 Å². The number of carbonyl (C=O) groups excluding carboxylic acids is 1. The van der Waals surface area contributed by atoms with Crippen LogP contribution in [0.25, 0.3) is 11.3 Å². The number of carbonyl (C=O) groups is 1. The van der Waals surface area contributed by atoms with Gasteiger partial charge >= 0.3 is 6.18 Å². The molecule has 1 aliphatic rings. The van der Waals surface area contributed by atoms with Crippen molar-refractivity contribution in [2.45, 2.75) is 37.9 Å². The summed E-state index contributed by atoms with van der Waals surface area (Å²) in [5.41, 5.74) is -0.0622. The van der Waals surface area contributed by atoms with E-state index in [1.165, 1.54) is 35.0 Å². The van der Waals surface area contributed by atoms with E-state index in [4.69, 9.17) is 16.1 Å². The van der Waals surface area contributed by atoms with E-state index in [0.717, 1.165) is 12.8 Å². The monoisotopic (exact) mass is 456 g/mol. The quantitative estimate of drug-likeness (QED) is 0.399. The molecule has 0 atom stereocenters. The Balaban J connectivity index is 1.34. The first kappa shape index (κ1) is 21.4. The maximum atomic E-state index is 13.1. The van der Waals surface area contributed by atoms with Crippen molar-refractivity contribution in [2.24, 2.45) is 0 Å². The zero-order chi connectivity index (χ0) is 22.2. The Hall–Kier alpha value is -2.88. The van der Waals surface area contributed by atoms with Crippen LogP contribution in [-0.2, 0) is 12.7 Å². The van der Waals surface area contributed by atoms with Crippen LogP contribution >= 0.6 is 11.6 Å². The summed E-state index contributed by atoms with van der Waals surface area (Å²) in [4.78, 5) is 12.2. The second kappa shape index (κ2) is 8.33. The van der Waals surface area contributed by atoms with Gasteiger partial charge in [0, 0.05) is 30.6 Å². The molecular formula is C20H17ClF4N4O2. The lowest BCUT2D eigenvalue weighted by Gasteiger charge is -2.07. The van der Waals surface area contributed by atoms with Crippen LogP contribution in [0, 0.1) is 5.82 Å². The Labute approximate surface area is 179 Å². The summed E-state index contributed by atoms with van der Waals surface area (Å²) in [6.07, 6.45) is -2.71. The number of nitrogens with one attached hydrogen (secondary N) is 1. The van der Waals surface area contributed by atoms with Crippen LogP contribution in [-0.4, -0.2) is 27.4 Å². The van der Waals surface area contributed by atoms with Crippen LogP contribution in [0.4, 0.5) is 17.6 Å². The summed E-state index contributed by atoms with van der Waals surface area (Å²) < 4.78 is 58.7. The Morgan fingerprint density at radius 1 is 1.26 bits per heavy atom. The van der Waals surface area contributed by atoms with Crippen molar-refractivity contribution >= 4 is 17.5 Å². The molecule has 2 aromatic heterocycles. The first-order chi connectivity index (χ1) is 14.7. The largest absolute Gasteiger partial charge is 0.436 e. The van der Waals surface area contributed by atoms with Crippen molar-refractivity contribution in [3.63, 3.8) is 0 Å². The van der Waals surface area contributed by atoms with Crippen LogP contribution in [0.15, 0.2) is 34.9 Å². The number of aromatic nitrogens is 3. The average molecular weight is 457 g/mol. The average Bonchev–Trinajstić information content (AvgIpc) is 3.31. The minimum absolute atomic E-state index is 0.00861. The van der Waals surface area contributed by atoms with Gasteiger partial charge in [0.2, 0.25) is 0 Å². The van der Waals surface area contributed by atoms with Gasteiger partial charge in [0.1, 0.15) is 5.82 Å². The highest BCUT2D eigenvalue weighted by Gasteiger charge is 2.41. The lowest BCUT2D eigenvalue weighted by molar-refractivity contribution is -0.141. The van der Waals surface area contributed by atoms with Gasteiger partial charge in [-0.15, -0.1) is 0 Å². The van der Waals surface area contributed by atoms with Gasteiger partial charge in [-0.1, -0.05) is 16.8 Å². The number of hydrogen-bond acceptors (Lipinski definition) is 4. The lowest BCUT2D eigenvalue weighted by atomic mass is 10.1. The molecule has 0 radical (unpaired) electrons. The van der Waals surface area contributed by atoms with Crippen molar-refractivity contribution in [1.29, 1.82) is 0 Å². The van der Waals surface area contributed by atoms with E-state index in [-0.39, 0.29) is 29.7 Å². The Kier molecular flexibility index (Phi) is 5.74. The summed E-state index contributed by atoms with van der Waals surface area (Å²) in [7, 11) is 0. The molecule has 3 aromatic rings. The van der Waals surface area contributed by atoms with Gasteiger partial charge in [0.15, 0.2) is 17.1 Å². The fraction of sp³-hybridized carbons (Fsp3) is 0.350. The van der Waals surface area contributed by atoms with Crippen LogP contribution in [0.3, 0.4) is 0 Å². The molecule has 1 fully saturated rings. The molecule has 0 unspecified atom stereocenters. The van der Waals surface area contributed by atoms with E-state index in [1.807, 2.05) is 0 Å². The van der Waals surface area contributed by atoms with E-state index in [1.54, 1.807) is 0 Å². The summed E-state index contributed by atoms with van der Waals surface area (Å²) >= 11 is 5.94. The van der Waals surface area contributed by atoms with Gasteiger partial charge in [-0.25, -0.2) is 4.39 Å². The van der Waals surface area contributed by atoms with E-state index < -0.39 is 23.6 Å². The van der Waals surface area contributed by atoms with Crippen molar-refractivity contribution in [3.05, 3.63) is 58.3 Å². The molecule has 1 saturated carbocycles. The molecule has 0 bridgehead atoms. The summed E-state index contributed by atoms with van der Waals surface area (Å²) in [5.74, 6) is -0.586. The van der Waals surface area contributed by atoms with E-state index >= 15 is 0 Å². The predicted molar refractivity (Wildman–Crippen MR) is 103 cm³/mol. The van der Waals surface area contributed by atoms with Crippen LogP contribution < -0.4 is 5.32 Å². The van der Waals surface area contributed by atoms with E-state index in [2.05, 4.69) is 15.6 Å². The number of benzene rings is 1. The second-order valence-electron chi connectivity index (χ2n) is 7.24. The second-order valence-corrected chi connectivity index (χ2v) is 7.61. The first-order valence-electron chi connectivity index (χ1n) is 9.58. The topological polar surface area (TPSA) is 73.0 Å². The third kappa shape index (κ3) is 4.73. The molecule has 164 valence electrons. The smallest absolute Gasteiger partial charge is 0.355 e. The number of amides is 1. The highest BCUT2D eigenvalue weighted by Crippen LogP contribution is 2.46. The van der Waals surface area contributed by atoms with Crippen LogP contribution in [0.2, 0.25) is 5.02 Å². The molecule has 1 aliphatic carbocycles. The van der Waals surface area contributed by atoms with Crippen molar-refractivity contribution in [1.82, 2.24) is 20.3 Å². The molecule has 4 rings (SSSR count). The maximum absolute atomic E-state index is 13.1. The minimum Gasteiger partial charge on any atom is -0.355 e. The van der Waals surface area contributed by atoms with Crippen molar-refractivity contribution in [2.75, 3.05) is 6.54 Å². The molecule has 31 heavy (non-hydrogen) atoms. The zero-order valence-electron chi connectivity index (χ0n) is 16.0. The standard InChI is InChI=1S/C20H17ClF4N4O2/c21-16-17(12-2-3-12)29(27-18(16)20(23,24)25)9-1-8-26-19(30)14-10-15(31-28-14)11-4-6-13(22)7-5-11/h4-7,10,12H,1-3,8-9H2,(H,26,30). The van der Waals surface area contributed by atoms with Crippen LogP contribution in [0.5, 0.6) is 0 Å². The zero-order valence-corrected chi connectivity index (χ0v) is 16.8. The third-order valence-electron chi connectivity index (χ3n) is 4.87. The Morgan fingerprint density at radius 2 is 1.97 bits per heavy atom. The van der Waals surface area contributed by atoms with Gasteiger partial charge in [0.25, 0.3) is 5.91 Å². The number of nitrogens with zero attached hydrogens (tertiary/aromatic N) is 3. The van der Waals surface area contributed by atoms with Crippen molar-refractivity contribution < 1.29 is 26.9 Å². The van der Waals surface area contributed by atoms with Crippen LogP contribution in [0.1, 0.15) is 47.1 Å². The summed E-state index contributed by atoms with van der Waals surface area (Å²) in [6, 6.07) is 6.95. The highest BCUT2D eigenvalue weighted by atomic mass is 35.5. The normalized spacial score (nSPS) is 14.1. The first-order valence-corrected chi connectivity index (χ1v) is 9.96. The number of hydrogen-bond donors (Lipinski definition) is 1. The number of alkyl halides is 3. The van der Waals surface area contributed by atoms with Gasteiger partial charge in [-0.2, -0.15) is 18.3 Å². The molecule has 1 N–H and O–H groups in total. The maximum Gasteiger partial charge on any atom is 0.436 e. The molecule has 0 spiro atoms. The van der Waals surface area contributed by atoms with Crippen molar-refractivity contribution in [3.8, 4) is 11.3 Å². The molecule has 6 nitrogen and oxygen atoms in total. The molecular weight excluding hydrogens is 440 g/mol. The SMILES string of the molecule is O=C(NCCCn1nc(C(F)(F)F)c(Cl)c1C1CC1)c1cc(-c2ccc(F)cc2)on1. The fourth-order valence-electron chi connectivity index (χ4n) is 3.21. The molecule has 11 heteroatoms. The summed E-state index contributed by atoms with van der Waals surface area (Å²) in [5, 5.41) is 9.66. The minimum atomic E-state index is -4.62. The highest BCUT2D eigenvalue weighted by molar-refractivity contribution is 6.32. The number of rotatable bonds is 7. The summed E-state index contributed by atoms with van der Waals surface area (Å²) in [6.45, 7) is 0.377. The van der Waals surface area contributed by atoms with Gasteiger partial charge in [-0.05, 0) is 43.5 Å². The van der Waals surface area contributed by atoms with Gasteiger partial charge in [-0.3, -0.25) is 9.48 Å². The van der Waals surface area contributed by atoms with E-state index in [9.17, 15) is 22.4 Å². The molecule has 1 aromatic carbocycles.